The quantitative estimate of drug-likeness (QED) is 0.159. The minimum atomic E-state index is -0.206. The van der Waals surface area contributed by atoms with E-state index in [0.29, 0.717) is 0 Å². The van der Waals surface area contributed by atoms with Gasteiger partial charge < -0.3 is 14.7 Å². The number of aryl methyl sites for hydroxylation is 2. The molecule has 3 heterocycles. The van der Waals surface area contributed by atoms with Crippen molar-refractivity contribution in [1.29, 1.82) is 0 Å². The molecule has 0 spiro atoms. The van der Waals surface area contributed by atoms with Crippen LogP contribution >= 0.6 is 11.3 Å². The Balaban J connectivity index is 1.15. The van der Waals surface area contributed by atoms with Gasteiger partial charge in [-0.15, -0.1) is 11.3 Å². The number of benzene rings is 8. The van der Waals surface area contributed by atoms with Gasteiger partial charge in [0.15, 0.2) is 0 Å². The first-order valence-corrected chi connectivity index (χ1v) is 31.4. The molecule has 4 aliphatic rings. The molecule has 2 aliphatic carbocycles. The molecule has 0 amide bonds. The molecule has 0 saturated carbocycles. The molecule has 9 aromatic rings. The van der Waals surface area contributed by atoms with Crippen molar-refractivity contribution >= 4 is 106 Å². The summed E-state index contributed by atoms with van der Waals surface area (Å²) >= 11 is 1.95. The Labute approximate surface area is 495 Å². The standard InChI is InChI=1S/C77H86BN3S/c1-46-38-65-69-66(39-46)81(62-43-57-55(40-47(62)2)74(12,13)36-37-75(57,14)15)64-44-58-56(76(16,17)45-77(58,18)19)42-60(64)78(69)59-34-32-52(79(50-28-24-48(25-29-50)71(3,4)5)51-30-26-49(27-31-51)72(6,7)8)41-63(59)80(65)61-35-33-54-53-22-20-21-23-67(53)82-70(54)68(61)73(9,10)11/h20-35,38-44H,36-37,45H2,1-19H3. The Bertz CT molecular complexity index is 4050. The molecular formula is C77H86BN3S. The van der Waals surface area contributed by atoms with Crippen molar-refractivity contribution in [3.63, 3.8) is 0 Å². The summed E-state index contributed by atoms with van der Waals surface area (Å²) in [5, 5.41) is 2.67. The maximum Gasteiger partial charge on any atom is 0.252 e. The minimum Gasteiger partial charge on any atom is -0.311 e. The summed E-state index contributed by atoms with van der Waals surface area (Å²) in [4.78, 5) is 7.97. The van der Waals surface area contributed by atoms with E-state index in [-0.39, 0.29) is 44.6 Å². The van der Waals surface area contributed by atoms with E-state index in [4.69, 9.17) is 0 Å². The first-order valence-electron chi connectivity index (χ1n) is 30.5. The molecule has 13 rings (SSSR count). The van der Waals surface area contributed by atoms with Gasteiger partial charge in [0.05, 0.1) is 5.69 Å². The predicted molar refractivity (Wildman–Crippen MR) is 360 cm³/mol. The van der Waals surface area contributed by atoms with Crippen LogP contribution in [0.15, 0.2) is 140 Å². The number of hydrogen-bond donors (Lipinski definition) is 0. The maximum absolute atomic E-state index is 2.74. The summed E-state index contributed by atoms with van der Waals surface area (Å²) in [5.41, 5.74) is 27.8. The van der Waals surface area contributed by atoms with Crippen molar-refractivity contribution in [3.8, 4) is 0 Å². The third kappa shape index (κ3) is 8.46. The fourth-order valence-electron chi connectivity index (χ4n) is 15.5. The molecule has 0 fully saturated rings. The fourth-order valence-corrected chi connectivity index (χ4v) is 17.0. The molecular weight excluding hydrogens is 1010 g/mol. The molecule has 8 aromatic carbocycles. The minimum absolute atomic E-state index is 0.00661. The van der Waals surface area contributed by atoms with Gasteiger partial charge in [-0.1, -0.05) is 184 Å². The molecule has 0 N–H and O–H groups in total. The van der Waals surface area contributed by atoms with Crippen molar-refractivity contribution in [2.45, 2.75) is 189 Å². The van der Waals surface area contributed by atoms with Crippen LogP contribution in [-0.2, 0) is 37.9 Å². The first-order chi connectivity index (χ1) is 38.3. The third-order valence-corrected chi connectivity index (χ3v) is 21.0. The molecule has 1 aromatic heterocycles. The van der Waals surface area contributed by atoms with Gasteiger partial charge in [-0.3, -0.25) is 0 Å². The normalized spacial score (nSPS) is 17.4. The van der Waals surface area contributed by atoms with Crippen molar-refractivity contribution in [2.24, 2.45) is 0 Å². The van der Waals surface area contributed by atoms with Crippen LogP contribution in [0.4, 0.5) is 51.2 Å². The van der Waals surface area contributed by atoms with Crippen molar-refractivity contribution < 1.29 is 0 Å². The molecule has 82 heavy (non-hydrogen) atoms. The first kappa shape index (κ1) is 54.7. The molecule has 3 nitrogen and oxygen atoms in total. The van der Waals surface area contributed by atoms with Gasteiger partial charge in [-0.05, 0) is 210 Å². The van der Waals surface area contributed by atoms with E-state index in [1.54, 1.807) is 0 Å². The lowest BCUT2D eigenvalue weighted by atomic mass is 9.33. The smallest absolute Gasteiger partial charge is 0.252 e. The summed E-state index contributed by atoms with van der Waals surface area (Å²) in [6.45, 7) is 45.7. The van der Waals surface area contributed by atoms with Crippen molar-refractivity contribution in [2.75, 3.05) is 14.7 Å². The van der Waals surface area contributed by atoms with Crippen LogP contribution in [0.1, 0.15) is 187 Å². The second-order valence-electron chi connectivity index (χ2n) is 31.0. The number of nitrogens with zero attached hydrogens (tertiary/aromatic N) is 3. The Kier molecular flexibility index (Phi) is 12.0. The van der Waals surface area contributed by atoms with Gasteiger partial charge in [0.1, 0.15) is 0 Å². The van der Waals surface area contributed by atoms with Gasteiger partial charge in [0, 0.05) is 65.7 Å². The van der Waals surface area contributed by atoms with Crippen molar-refractivity contribution in [1.82, 2.24) is 0 Å². The lowest BCUT2D eigenvalue weighted by Gasteiger charge is -2.47. The van der Waals surface area contributed by atoms with Crippen LogP contribution in [0.5, 0.6) is 0 Å². The van der Waals surface area contributed by atoms with E-state index in [9.17, 15) is 0 Å². The van der Waals surface area contributed by atoms with E-state index in [0.717, 1.165) is 23.5 Å². The summed E-state index contributed by atoms with van der Waals surface area (Å²) < 4.78 is 2.70. The van der Waals surface area contributed by atoms with Crippen LogP contribution < -0.4 is 31.1 Å². The van der Waals surface area contributed by atoms with Gasteiger partial charge in [-0.25, -0.2) is 0 Å². The summed E-state index contributed by atoms with van der Waals surface area (Å²) in [6.07, 6.45) is 3.46. The number of anilines is 9. The molecule has 0 radical (unpaired) electrons. The summed E-state index contributed by atoms with van der Waals surface area (Å²) in [5.74, 6) is 0. The Morgan fingerprint density at radius 1 is 0.439 bits per heavy atom. The van der Waals surface area contributed by atoms with Gasteiger partial charge in [0.2, 0.25) is 0 Å². The Hall–Kier alpha value is -6.56. The highest BCUT2D eigenvalue weighted by atomic mass is 32.1. The highest BCUT2D eigenvalue weighted by molar-refractivity contribution is 7.26. The average Bonchev–Trinajstić information content (AvgIpc) is 3.89. The number of fused-ring (bicyclic) bond motifs is 9. The third-order valence-electron chi connectivity index (χ3n) is 19.8. The highest BCUT2D eigenvalue weighted by Gasteiger charge is 2.49. The van der Waals surface area contributed by atoms with Gasteiger partial charge in [0.25, 0.3) is 6.71 Å². The number of rotatable bonds is 5. The number of hydrogen-bond acceptors (Lipinski definition) is 4. The summed E-state index contributed by atoms with van der Waals surface area (Å²) in [6, 6.07) is 55.8. The summed E-state index contributed by atoms with van der Waals surface area (Å²) in [7, 11) is 0. The molecule has 5 heteroatoms. The topological polar surface area (TPSA) is 9.72 Å². The van der Waals surface area contributed by atoms with Gasteiger partial charge >= 0.3 is 0 Å². The van der Waals surface area contributed by atoms with Crippen LogP contribution in [0.2, 0.25) is 0 Å². The SMILES string of the molecule is Cc1cc2c3c(c1)N(c1ccc4c(sc5ccccc54)c1C(C)(C)C)c1cc(N(c4ccc(C(C)(C)C)cc4)c4ccc(C(C)(C)C)cc4)ccc1B3c1cc3c(cc1N2c1cc2c(cc1C)C(C)(C)CCC2(C)C)C(C)(C)CC3(C)C. The predicted octanol–water partition coefficient (Wildman–Crippen LogP) is 20.4. The molecule has 0 atom stereocenters. The average molecular weight is 1100 g/mol. The lowest BCUT2D eigenvalue weighted by molar-refractivity contribution is 0.332. The van der Waals surface area contributed by atoms with E-state index >= 15 is 0 Å². The lowest BCUT2D eigenvalue weighted by Crippen LogP contribution is -2.61. The van der Waals surface area contributed by atoms with E-state index in [2.05, 4.69) is 286 Å². The molecule has 0 bridgehead atoms. The molecule has 0 saturated heterocycles. The van der Waals surface area contributed by atoms with E-state index in [1.807, 2.05) is 11.3 Å². The Morgan fingerprint density at radius 2 is 0.939 bits per heavy atom. The molecule has 0 unspecified atom stereocenters. The van der Waals surface area contributed by atoms with E-state index < -0.39 is 0 Å². The van der Waals surface area contributed by atoms with E-state index in [1.165, 1.54) is 134 Å². The zero-order chi connectivity index (χ0) is 58.3. The van der Waals surface area contributed by atoms with Crippen LogP contribution in [-0.4, -0.2) is 6.71 Å². The fraction of sp³-hybridized carbons (Fsp3) is 0.377. The zero-order valence-electron chi connectivity index (χ0n) is 52.7. The van der Waals surface area contributed by atoms with Gasteiger partial charge in [-0.2, -0.15) is 0 Å². The number of thiophene rings is 1. The van der Waals surface area contributed by atoms with Crippen LogP contribution in [0, 0.1) is 13.8 Å². The Morgan fingerprint density at radius 3 is 1.51 bits per heavy atom. The van der Waals surface area contributed by atoms with Crippen molar-refractivity contribution in [3.05, 3.63) is 190 Å². The van der Waals surface area contributed by atoms with Crippen LogP contribution in [0.25, 0.3) is 20.2 Å². The second kappa shape index (κ2) is 18.0. The largest absolute Gasteiger partial charge is 0.311 e. The second-order valence-corrected chi connectivity index (χ2v) is 32.1. The zero-order valence-corrected chi connectivity index (χ0v) is 53.5. The molecule has 2 aliphatic heterocycles. The maximum atomic E-state index is 2.74. The molecule has 418 valence electrons. The van der Waals surface area contributed by atoms with Crippen LogP contribution in [0.3, 0.4) is 0 Å². The highest BCUT2D eigenvalue weighted by Crippen LogP contribution is 2.56. The monoisotopic (exact) mass is 1100 g/mol.